The van der Waals surface area contributed by atoms with Crippen LogP contribution in [0.4, 0.5) is 5.69 Å². The molecule has 26 heavy (non-hydrogen) atoms. The second kappa shape index (κ2) is 7.83. The van der Waals surface area contributed by atoms with Gasteiger partial charge in [0.25, 0.3) is 0 Å². The van der Waals surface area contributed by atoms with Crippen LogP contribution in [0.2, 0.25) is 0 Å². The van der Waals surface area contributed by atoms with E-state index in [1.165, 1.54) is 5.56 Å². The summed E-state index contributed by atoms with van der Waals surface area (Å²) in [5, 5.41) is 12.0. The van der Waals surface area contributed by atoms with Crippen LogP contribution < -0.4 is 10.1 Å². The molecule has 5 heteroatoms. The van der Waals surface area contributed by atoms with Crippen LogP contribution in [0.25, 0.3) is 0 Å². The highest BCUT2D eigenvalue weighted by molar-refractivity contribution is 6.09. The van der Waals surface area contributed by atoms with Gasteiger partial charge in [0.2, 0.25) is 5.91 Å². The Kier molecular flexibility index (Phi) is 5.33. The highest BCUT2D eigenvalue weighted by Gasteiger charge is 2.31. The maximum Gasteiger partial charge on any atom is 0.249 e. The number of nitrogens with one attached hydrogen (secondary N) is 1. The molecule has 0 spiro atoms. The predicted molar refractivity (Wildman–Crippen MR) is 97.9 cm³/mol. The number of anilines is 1. The summed E-state index contributed by atoms with van der Waals surface area (Å²) in [4.78, 5) is 24.9. The van der Waals surface area contributed by atoms with Gasteiger partial charge in [-0.2, -0.15) is 5.26 Å². The Morgan fingerprint density at radius 2 is 1.96 bits per heavy atom. The second-order valence-electron chi connectivity index (χ2n) is 6.38. The molecule has 1 aliphatic rings. The first-order valence-corrected chi connectivity index (χ1v) is 8.57. The van der Waals surface area contributed by atoms with Gasteiger partial charge in [-0.3, -0.25) is 9.59 Å². The van der Waals surface area contributed by atoms with Crippen molar-refractivity contribution in [1.29, 1.82) is 5.26 Å². The Hall–Kier alpha value is -3.13. The van der Waals surface area contributed by atoms with Crippen LogP contribution in [0.5, 0.6) is 5.75 Å². The monoisotopic (exact) mass is 348 g/mol. The number of carbonyl (C=O) groups excluding carboxylic acids is 2. The molecule has 0 unspecified atom stereocenters. The molecule has 0 aromatic heterocycles. The van der Waals surface area contributed by atoms with Crippen LogP contribution in [-0.4, -0.2) is 18.8 Å². The third-order valence-electron chi connectivity index (χ3n) is 4.78. The minimum atomic E-state index is -1.30. The lowest BCUT2D eigenvalue weighted by atomic mass is 9.90. The molecule has 3 rings (SSSR count). The lowest BCUT2D eigenvalue weighted by molar-refractivity contribution is -0.129. The molecule has 2 atom stereocenters. The van der Waals surface area contributed by atoms with Gasteiger partial charge >= 0.3 is 0 Å². The van der Waals surface area contributed by atoms with E-state index in [2.05, 4.69) is 11.4 Å². The van der Waals surface area contributed by atoms with Crippen molar-refractivity contribution in [2.45, 2.75) is 25.2 Å². The fourth-order valence-electron chi connectivity index (χ4n) is 3.38. The maximum atomic E-state index is 12.6. The Bertz CT molecular complexity index is 852. The van der Waals surface area contributed by atoms with E-state index < -0.39 is 11.8 Å². The first-order chi connectivity index (χ1) is 12.6. The van der Waals surface area contributed by atoms with Crippen molar-refractivity contribution in [3.8, 4) is 11.8 Å². The molecule has 1 amide bonds. The number of aryl methyl sites for hydroxylation is 1. The van der Waals surface area contributed by atoms with Gasteiger partial charge in [-0.25, -0.2) is 0 Å². The molecule has 0 radical (unpaired) electrons. The molecule has 2 aromatic carbocycles. The molecule has 1 aliphatic carbocycles. The van der Waals surface area contributed by atoms with Crippen molar-refractivity contribution in [3.05, 3.63) is 59.7 Å². The van der Waals surface area contributed by atoms with Gasteiger partial charge in [0.05, 0.1) is 13.2 Å². The van der Waals surface area contributed by atoms with Crippen LogP contribution in [-0.2, 0) is 16.0 Å². The van der Waals surface area contributed by atoms with Gasteiger partial charge in [0, 0.05) is 12.1 Å². The smallest absolute Gasteiger partial charge is 0.249 e. The lowest BCUT2D eigenvalue weighted by Crippen LogP contribution is -2.29. The SMILES string of the molecule is COc1ccc(NC(=O)[C@H](C#N)C(=O)C[C@H]2CCc3ccccc32)cc1. The summed E-state index contributed by atoms with van der Waals surface area (Å²) in [5.74, 6) is -1.47. The van der Waals surface area contributed by atoms with E-state index in [1.807, 2.05) is 24.3 Å². The van der Waals surface area contributed by atoms with Crippen molar-refractivity contribution in [2.75, 3.05) is 12.4 Å². The summed E-state index contributed by atoms with van der Waals surface area (Å²) < 4.78 is 5.06. The number of nitrogens with zero attached hydrogens (tertiary/aromatic N) is 1. The van der Waals surface area contributed by atoms with Gasteiger partial charge in [-0.1, -0.05) is 24.3 Å². The topological polar surface area (TPSA) is 79.2 Å². The van der Waals surface area contributed by atoms with Crippen molar-refractivity contribution in [2.24, 2.45) is 5.92 Å². The molecule has 0 heterocycles. The van der Waals surface area contributed by atoms with Gasteiger partial charge in [-0.05, 0) is 54.2 Å². The molecule has 0 bridgehead atoms. The van der Waals surface area contributed by atoms with Crippen LogP contribution in [0.15, 0.2) is 48.5 Å². The first kappa shape index (κ1) is 17.7. The molecule has 5 nitrogen and oxygen atoms in total. The fourth-order valence-corrected chi connectivity index (χ4v) is 3.38. The highest BCUT2D eigenvalue weighted by Crippen LogP contribution is 2.36. The molecule has 0 saturated heterocycles. The van der Waals surface area contributed by atoms with Crippen molar-refractivity contribution >= 4 is 17.4 Å². The molecule has 0 aliphatic heterocycles. The number of amides is 1. The summed E-state index contributed by atoms with van der Waals surface area (Å²) in [7, 11) is 1.55. The van der Waals surface area contributed by atoms with E-state index in [0.717, 1.165) is 18.4 Å². The number of fused-ring (bicyclic) bond motifs is 1. The number of benzene rings is 2. The van der Waals surface area contributed by atoms with E-state index >= 15 is 0 Å². The summed E-state index contributed by atoms with van der Waals surface area (Å²) in [5.41, 5.74) is 2.93. The molecule has 0 fully saturated rings. The zero-order valence-electron chi connectivity index (χ0n) is 14.6. The number of carbonyl (C=O) groups is 2. The molecule has 132 valence electrons. The van der Waals surface area contributed by atoms with E-state index in [4.69, 9.17) is 4.74 Å². The Balaban J connectivity index is 1.65. The van der Waals surface area contributed by atoms with Crippen LogP contribution in [0.1, 0.15) is 29.9 Å². The summed E-state index contributed by atoms with van der Waals surface area (Å²) >= 11 is 0. The normalized spacial score (nSPS) is 16.2. The van der Waals surface area contributed by atoms with Crippen LogP contribution in [0, 0.1) is 17.2 Å². The average molecular weight is 348 g/mol. The number of Topliss-reactive ketones (excluding diaryl/α,β-unsaturated/α-hetero) is 1. The van der Waals surface area contributed by atoms with E-state index in [-0.39, 0.29) is 18.1 Å². The lowest BCUT2D eigenvalue weighted by Gasteiger charge is -2.14. The number of hydrogen-bond acceptors (Lipinski definition) is 4. The average Bonchev–Trinajstić information content (AvgIpc) is 3.06. The summed E-state index contributed by atoms with van der Waals surface area (Å²) in [6.07, 6.45) is 2.03. The van der Waals surface area contributed by atoms with Gasteiger partial charge in [-0.15, -0.1) is 0 Å². The molecule has 0 saturated carbocycles. The predicted octanol–water partition coefficient (Wildman–Crippen LogP) is 3.46. The van der Waals surface area contributed by atoms with Gasteiger partial charge < -0.3 is 10.1 Å². The number of nitriles is 1. The summed E-state index contributed by atoms with van der Waals surface area (Å²) in [6.45, 7) is 0. The minimum absolute atomic E-state index is 0.0864. The van der Waals surface area contributed by atoms with Crippen molar-refractivity contribution in [3.63, 3.8) is 0 Å². The second-order valence-corrected chi connectivity index (χ2v) is 6.38. The fraction of sp³-hybridized carbons (Fsp3) is 0.286. The molecular formula is C21H20N2O3. The van der Waals surface area contributed by atoms with E-state index in [9.17, 15) is 14.9 Å². The van der Waals surface area contributed by atoms with E-state index in [1.54, 1.807) is 31.4 Å². The molecule has 1 N–H and O–H groups in total. The first-order valence-electron chi connectivity index (χ1n) is 8.57. The number of hydrogen-bond donors (Lipinski definition) is 1. The highest BCUT2D eigenvalue weighted by atomic mass is 16.5. The third-order valence-corrected chi connectivity index (χ3v) is 4.78. The van der Waals surface area contributed by atoms with Crippen molar-refractivity contribution in [1.82, 2.24) is 0 Å². The largest absolute Gasteiger partial charge is 0.497 e. The maximum absolute atomic E-state index is 12.6. The third kappa shape index (κ3) is 3.75. The molecular weight excluding hydrogens is 328 g/mol. The molecule has 2 aromatic rings. The zero-order chi connectivity index (χ0) is 18.5. The standard InChI is InChI=1S/C21H20N2O3/c1-26-17-10-8-16(9-11-17)23-21(25)19(13-22)20(24)12-15-7-6-14-4-2-3-5-18(14)15/h2-5,8-11,15,19H,6-7,12H2,1H3,(H,23,25)/t15-,19-/m1/s1. The Labute approximate surface area is 152 Å². The van der Waals surface area contributed by atoms with Gasteiger partial charge in [0.15, 0.2) is 11.7 Å². The van der Waals surface area contributed by atoms with Crippen LogP contribution in [0.3, 0.4) is 0 Å². The number of rotatable bonds is 6. The number of ether oxygens (including phenoxy) is 1. The zero-order valence-corrected chi connectivity index (χ0v) is 14.6. The Morgan fingerprint density at radius 1 is 1.23 bits per heavy atom. The van der Waals surface area contributed by atoms with Crippen LogP contribution >= 0.6 is 0 Å². The summed E-state index contributed by atoms with van der Waals surface area (Å²) in [6, 6.07) is 16.6. The quantitative estimate of drug-likeness (QED) is 0.811. The minimum Gasteiger partial charge on any atom is -0.497 e. The Morgan fingerprint density at radius 3 is 2.65 bits per heavy atom. The van der Waals surface area contributed by atoms with Crippen molar-refractivity contribution < 1.29 is 14.3 Å². The number of ketones is 1. The van der Waals surface area contributed by atoms with E-state index in [0.29, 0.717) is 11.4 Å². The van der Waals surface area contributed by atoms with Gasteiger partial charge in [0.1, 0.15) is 5.75 Å². The number of methoxy groups -OCH3 is 1.